The predicted octanol–water partition coefficient (Wildman–Crippen LogP) is 1.97. The maximum atomic E-state index is 4.23. The van der Waals surface area contributed by atoms with Crippen LogP contribution in [-0.4, -0.2) is 20.5 Å². The van der Waals surface area contributed by atoms with Crippen molar-refractivity contribution in [2.45, 2.75) is 18.1 Å². The fraction of sp³-hybridized carbons (Fsp3) is 0.273. The molecule has 0 unspecified atom stereocenters. The van der Waals surface area contributed by atoms with Crippen molar-refractivity contribution in [3.8, 4) is 0 Å². The van der Waals surface area contributed by atoms with Gasteiger partial charge in [-0.05, 0) is 5.56 Å². The third-order valence-corrected chi connectivity index (χ3v) is 3.49. The summed E-state index contributed by atoms with van der Waals surface area (Å²) in [5.74, 6) is 2.22. The normalized spacial score (nSPS) is 14.1. The van der Waals surface area contributed by atoms with Gasteiger partial charge in [0.1, 0.15) is 5.82 Å². The van der Waals surface area contributed by atoms with Crippen LogP contribution in [0.1, 0.15) is 11.4 Å². The summed E-state index contributed by atoms with van der Waals surface area (Å²) in [4.78, 5) is 0. The molecule has 3 nitrogen and oxygen atoms in total. The van der Waals surface area contributed by atoms with Gasteiger partial charge in [-0.2, -0.15) is 0 Å². The smallest absolute Gasteiger partial charge is 0.191 e. The number of nitrogens with zero attached hydrogens (tertiary/aromatic N) is 3. The van der Waals surface area contributed by atoms with Crippen LogP contribution in [0.5, 0.6) is 0 Å². The van der Waals surface area contributed by atoms with Gasteiger partial charge in [0.05, 0.1) is 0 Å². The molecule has 0 bridgehead atoms. The summed E-state index contributed by atoms with van der Waals surface area (Å²) in [6.45, 7) is 1.05. The molecule has 0 saturated carbocycles. The second kappa shape index (κ2) is 3.70. The third-order valence-electron chi connectivity index (χ3n) is 2.54. The van der Waals surface area contributed by atoms with Gasteiger partial charge in [0, 0.05) is 18.7 Å². The first-order valence-electron chi connectivity index (χ1n) is 5.02. The highest BCUT2D eigenvalue weighted by atomic mass is 32.2. The molecular weight excluding hydrogens is 206 g/mol. The minimum absolute atomic E-state index is 0.883. The zero-order valence-corrected chi connectivity index (χ0v) is 9.07. The molecule has 0 radical (unpaired) electrons. The first-order chi connectivity index (χ1) is 7.43. The summed E-state index contributed by atoms with van der Waals surface area (Å²) in [5.41, 5.74) is 1.30. The monoisotopic (exact) mass is 217 g/mol. The summed E-state index contributed by atoms with van der Waals surface area (Å²) in [6.07, 6.45) is 0.883. The van der Waals surface area contributed by atoms with Crippen LogP contribution >= 0.6 is 11.8 Å². The van der Waals surface area contributed by atoms with Crippen LogP contribution in [0.25, 0.3) is 0 Å². The molecule has 0 fully saturated rings. The second-order valence-electron chi connectivity index (χ2n) is 3.56. The van der Waals surface area contributed by atoms with Gasteiger partial charge in [0.2, 0.25) is 0 Å². The van der Waals surface area contributed by atoms with Crippen LogP contribution in [-0.2, 0) is 13.0 Å². The van der Waals surface area contributed by atoms with Gasteiger partial charge in [0.25, 0.3) is 0 Å². The van der Waals surface area contributed by atoms with Crippen LogP contribution in [0.2, 0.25) is 0 Å². The zero-order valence-electron chi connectivity index (χ0n) is 8.26. The molecule has 2 aromatic rings. The van der Waals surface area contributed by atoms with E-state index in [1.54, 1.807) is 11.8 Å². The van der Waals surface area contributed by atoms with Gasteiger partial charge >= 0.3 is 0 Å². The van der Waals surface area contributed by atoms with E-state index in [1.165, 1.54) is 5.56 Å². The molecule has 76 valence electrons. The lowest BCUT2D eigenvalue weighted by Crippen LogP contribution is -2.02. The summed E-state index contributed by atoms with van der Waals surface area (Å²) in [6, 6.07) is 10.4. The number of hydrogen-bond acceptors (Lipinski definition) is 3. The molecular formula is C11H11N3S. The molecule has 0 aliphatic carbocycles. The molecule has 3 rings (SSSR count). The molecule has 0 N–H and O–H groups in total. The van der Waals surface area contributed by atoms with Crippen molar-refractivity contribution in [3.63, 3.8) is 0 Å². The molecule has 1 aromatic heterocycles. The highest BCUT2D eigenvalue weighted by Gasteiger charge is 2.17. The molecule has 15 heavy (non-hydrogen) atoms. The van der Waals surface area contributed by atoms with Gasteiger partial charge < -0.3 is 4.57 Å². The number of benzene rings is 1. The van der Waals surface area contributed by atoms with Gasteiger partial charge in [-0.25, -0.2) is 0 Å². The first kappa shape index (κ1) is 8.97. The van der Waals surface area contributed by atoms with Crippen LogP contribution in [0.4, 0.5) is 0 Å². The van der Waals surface area contributed by atoms with Gasteiger partial charge in [-0.15, -0.1) is 10.2 Å². The van der Waals surface area contributed by atoms with Crippen LogP contribution in [0.15, 0.2) is 35.5 Å². The SMILES string of the molecule is c1ccc(Cc2nnc3n2CCS3)cc1. The van der Waals surface area contributed by atoms with E-state index in [2.05, 4.69) is 39.0 Å². The number of thioether (sulfide) groups is 1. The van der Waals surface area contributed by atoms with Crippen molar-refractivity contribution in [1.29, 1.82) is 0 Å². The largest absolute Gasteiger partial charge is 0.305 e. The lowest BCUT2D eigenvalue weighted by atomic mass is 10.1. The summed E-state index contributed by atoms with van der Waals surface area (Å²) in [5, 5.41) is 9.46. The Kier molecular flexibility index (Phi) is 2.21. The van der Waals surface area contributed by atoms with Crippen molar-refractivity contribution >= 4 is 11.8 Å². The van der Waals surface area contributed by atoms with Crippen LogP contribution in [0.3, 0.4) is 0 Å². The molecule has 1 aliphatic heterocycles. The Bertz CT molecular complexity index is 464. The molecule has 1 aromatic carbocycles. The molecule has 0 amide bonds. The van der Waals surface area contributed by atoms with Crippen LogP contribution in [0, 0.1) is 0 Å². The topological polar surface area (TPSA) is 30.7 Å². The van der Waals surface area contributed by atoms with E-state index in [4.69, 9.17) is 0 Å². The molecule has 4 heteroatoms. The van der Waals surface area contributed by atoms with E-state index in [-0.39, 0.29) is 0 Å². The average molecular weight is 217 g/mol. The zero-order chi connectivity index (χ0) is 10.1. The molecule has 1 aliphatic rings. The van der Waals surface area contributed by atoms with Crippen molar-refractivity contribution in [2.75, 3.05) is 5.75 Å². The lowest BCUT2D eigenvalue weighted by molar-refractivity contribution is 0.684. The van der Waals surface area contributed by atoms with Gasteiger partial charge in [0.15, 0.2) is 5.16 Å². The van der Waals surface area contributed by atoms with Crippen molar-refractivity contribution in [2.24, 2.45) is 0 Å². The molecule has 0 saturated heterocycles. The summed E-state index contributed by atoms with van der Waals surface area (Å²) in [7, 11) is 0. The summed E-state index contributed by atoms with van der Waals surface area (Å²) >= 11 is 1.79. The number of fused-ring (bicyclic) bond motifs is 1. The molecule has 0 atom stereocenters. The minimum Gasteiger partial charge on any atom is -0.305 e. The van der Waals surface area contributed by atoms with Gasteiger partial charge in [-0.1, -0.05) is 42.1 Å². The fourth-order valence-corrected chi connectivity index (χ4v) is 2.70. The van der Waals surface area contributed by atoms with E-state index in [9.17, 15) is 0 Å². The van der Waals surface area contributed by atoms with E-state index in [0.717, 1.165) is 29.7 Å². The standard InChI is InChI=1S/C11H11N3S/c1-2-4-9(5-3-1)8-10-12-13-11-14(10)6-7-15-11/h1-5H,6-8H2. The quantitative estimate of drug-likeness (QED) is 0.770. The predicted molar refractivity (Wildman–Crippen MR) is 60.0 cm³/mol. The van der Waals surface area contributed by atoms with Crippen molar-refractivity contribution in [3.05, 3.63) is 41.7 Å². The Morgan fingerprint density at radius 2 is 2.07 bits per heavy atom. The molecule has 0 spiro atoms. The first-order valence-corrected chi connectivity index (χ1v) is 6.01. The Hall–Kier alpha value is -1.29. The third kappa shape index (κ3) is 1.65. The lowest BCUT2D eigenvalue weighted by Gasteiger charge is -2.01. The Balaban J connectivity index is 1.89. The fourth-order valence-electron chi connectivity index (χ4n) is 1.79. The van der Waals surface area contributed by atoms with E-state index in [1.807, 2.05) is 6.07 Å². The maximum absolute atomic E-state index is 4.23. The van der Waals surface area contributed by atoms with Crippen LogP contribution < -0.4 is 0 Å². The Labute approximate surface area is 92.5 Å². The number of aromatic nitrogens is 3. The average Bonchev–Trinajstić information content (AvgIpc) is 2.85. The van der Waals surface area contributed by atoms with E-state index in [0.29, 0.717) is 0 Å². The summed E-state index contributed by atoms with van der Waals surface area (Å²) < 4.78 is 2.22. The molecule has 2 heterocycles. The van der Waals surface area contributed by atoms with Crippen molar-refractivity contribution < 1.29 is 0 Å². The van der Waals surface area contributed by atoms with Gasteiger partial charge in [-0.3, -0.25) is 0 Å². The highest BCUT2D eigenvalue weighted by molar-refractivity contribution is 7.99. The van der Waals surface area contributed by atoms with E-state index < -0.39 is 0 Å². The maximum Gasteiger partial charge on any atom is 0.191 e. The van der Waals surface area contributed by atoms with E-state index >= 15 is 0 Å². The highest BCUT2D eigenvalue weighted by Crippen LogP contribution is 2.24. The minimum atomic E-state index is 0.883. The number of rotatable bonds is 2. The Morgan fingerprint density at radius 3 is 2.93 bits per heavy atom. The second-order valence-corrected chi connectivity index (χ2v) is 4.62. The van der Waals surface area contributed by atoms with Crippen molar-refractivity contribution in [1.82, 2.24) is 14.8 Å². The Morgan fingerprint density at radius 1 is 1.20 bits per heavy atom. The number of hydrogen-bond donors (Lipinski definition) is 0.